The molecule has 1 unspecified atom stereocenters. The van der Waals surface area contributed by atoms with Crippen LogP contribution in [0.3, 0.4) is 0 Å². The molecule has 1 heterocycles. The molecule has 2 aromatic rings. The number of hydrogen-bond donors (Lipinski definition) is 1. The molecule has 0 radical (unpaired) electrons. The van der Waals surface area contributed by atoms with Gasteiger partial charge in [-0.2, -0.15) is 0 Å². The van der Waals surface area contributed by atoms with Crippen LogP contribution in [0.25, 0.3) is 0 Å². The molecule has 0 aliphatic carbocycles. The quantitative estimate of drug-likeness (QED) is 0.675. The van der Waals surface area contributed by atoms with Gasteiger partial charge in [-0.05, 0) is 24.6 Å². The minimum atomic E-state index is -0.385. The van der Waals surface area contributed by atoms with E-state index in [2.05, 4.69) is 10.3 Å². The zero-order chi connectivity index (χ0) is 15.4. The summed E-state index contributed by atoms with van der Waals surface area (Å²) in [5, 5.41) is 14.1. The maximum atomic E-state index is 10.8. The Morgan fingerprint density at radius 2 is 2.05 bits per heavy atom. The average Bonchev–Trinajstić information content (AvgIpc) is 2.48. The smallest absolute Gasteiger partial charge is 0.269 e. The first-order valence-corrected chi connectivity index (χ1v) is 6.61. The van der Waals surface area contributed by atoms with Gasteiger partial charge in [0.25, 0.3) is 5.69 Å². The van der Waals surface area contributed by atoms with Crippen molar-refractivity contribution in [1.29, 1.82) is 0 Å². The van der Waals surface area contributed by atoms with E-state index in [4.69, 9.17) is 0 Å². The van der Waals surface area contributed by atoms with Crippen LogP contribution >= 0.6 is 0 Å². The molecule has 0 saturated heterocycles. The third-order valence-corrected chi connectivity index (χ3v) is 3.17. The van der Waals surface area contributed by atoms with Crippen molar-refractivity contribution in [3.63, 3.8) is 0 Å². The molecule has 6 nitrogen and oxygen atoms in total. The normalized spacial score (nSPS) is 11.8. The predicted molar refractivity (Wildman–Crippen MR) is 83.7 cm³/mol. The molecule has 1 N–H and O–H groups in total. The van der Waals surface area contributed by atoms with Gasteiger partial charge in [0.15, 0.2) is 0 Å². The number of nitro benzene ring substituents is 1. The van der Waals surface area contributed by atoms with E-state index in [1.807, 2.05) is 44.1 Å². The number of pyridine rings is 1. The molecule has 0 saturated carbocycles. The first kappa shape index (κ1) is 14.8. The van der Waals surface area contributed by atoms with Crippen molar-refractivity contribution in [3.8, 4) is 0 Å². The van der Waals surface area contributed by atoms with Crippen LogP contribution in [0.5, 0.6) is 0 Å². The van der Waals surface area contributed by atoms with Gasteiger partial charge in [0.05, 0.1) is 16.8 Å². The molecule has 110 valence electrons. The Morgan fingerprint density at radius 3 is 2.62 bits per heavy atom. The van der Waals surface area contributed by atoms with Gasteiger partial charge in [0.1, 0.15) is 5.82 Å². The molecule has 0 bridgehead atoms. The SMILES string of the molecule is CC(Nc1ccc(N(C)C)nc1)c1cccc([N+](=O)[O-])c1. The number of aromatic nitrogens is 1. The Bertz CT molecular complexity index is 626. The lowest BCUT2D eigenvalue weighted by atomic mass is 10.1. The van der Waals surface area contributed by atoms with Gasteiger partial charge in [0, 0.05) is 32.3 Å². The van der Waals surface area contributed by atoms with Crippen LogP contribution in [-0.4, -0.2) is 24.0 Å². The molecule has 1 atom stereocenters. The fourth-order valence-corrected chi connectivity index (χ4v) is 1.98. The van der Waals surface area contributed by atoms with Crippen LogP contribution in [-0.2, 0) is 0 Å². The number of nitro groups is 1. The fraction of sp³-hybridized carbons (Fsp3) is 0.267. The van der Waals surface area contributed by atoms with Crippen LogP contribution in [0.4, 0.5) is 17.2 Å². The van der Waals surface area contributed by atoms with E-state index in [-0.39, 0.29) is 16.7 Å². The molecule has 1 aromatic carbocycles. The van der Waals surface area contributed by atoms with E-state index in [9.17, 15) is 10.1 Å². The topological polar surface area (TPSA) is 71.3 Å². The van der Waals surface area contributed by atoms with Crippen LogP contribution in [0.15, 0.2) is 42.6 Å². The average molecular weight is 286 g/mol. The largest absolute Gasteiger partial charge is 0.377 e. The van der Waals surface area contributed by atoms with Gasteiger partial charge in [-0.15, -0.1) is 0 Å². The van der Waals surface area contributed by atoms with Crippen molar-refractivity contribution in [3.05, 3.63) is 58.3 Å². The first-order valence-electron chi connectivity index (χ1n) is 6.61. The molecule has 0 fully saturated rings. The molecule has 0 aliphatic heterocycles. The van der Waals surface area contributed by atoms with Gasteiger partial charge < -0.3 is 10.2 Å². The van der Waals surface area contributed by atoms with E-state index < -0.39 is 0 Å². The molecular formula is C15H18N4O2. The first-order chi connectivity index (χ1) is 9.97. The summed E-state index contributed by atoms with van der Waals surface area (Å²) in [6, 6.07) is 10.4. The minimum Gasteiger partial charge on any atom is -0.377 e. The lowest BCUT2D eigenvalue weighted by Crippen LogP contribution is -2.11. The monoisotopic (exact) mass is 286 g/mol. The highest BCUT2D eigenvalue weighted by atomic mass is 16.6. The Hall–Kier alpha value is -2.63. The second-order valence-electron chi connectivity index (χ2n) is 5.02. The summed E-state index contributed by atoms with van der Waals surface area (Å²) >= 11 is 0. The van der Waals surface area contributed by atoms with E-state index in [0.717, 1.165) is 17.1 Å². The van der Waals surface area contributed by atoms with E-state index in [1.54, 1.807) is 18.3 Å². The zero-order valence-electron chi connectivity index (χ0n) is 12.3. The summed E-state index contributed by atoms with van der Waals surface area (Å²) in [6.45, 7) is 1.96. The van der Waals surface area contributed by atoms with Crippen LogP contribution in [0, 0.1) is 10.1 Å². The van der Waals surface area contributed by atoms with Crippen molar-refractivity contribution < 1.29 is 4.92 Å². The minimum absolute atomic E-state index is 0.0445. The summed E-state index contributed by atoms with van der Waals surface area (Å²) in [5.41, 5.74) is 1.84. The number of non-ortho nitro benzene ring substituents is 1. The lowest BCUT2D eigenvalue weighted by Gasteiger charge is -2.16. The Balaban J connectivity index is 2.12. The van der Waals surface area contributed by atoms with Crippen LogP contribution in [0.2, 0.25) is 0 Å². The Kier molecular flexibility index (Phi) is 4.37. The fourth-order valence-electron chi connectivity index (χ4n) is 1.98. The standard InChI is InChI=1S/C15H18N4O2/c1-11(12-5-4-6-14(9-12)19(20)21)17-13-7-8-15(16-10-13)18(2)3/h4-11,17H,1-3H3. The number of hydrogen-bond acceptors (Lipinski definition) is 5. The van der Waals surface area contributed by atoms with Crippen molar-refractivity contribution in [2.24, 2.45) is 0 Å². The van der Waals surface area contributed by atoms with Gasteiger partial charge in [-0.3, -0.25) is 10.1 Å². The maximum Gasteiger partial charge on any atom is 0.269 e. The number of anilines is 2. The molecule has 0 amide bonds. The highest BCUT2D eigenvalue weighted by Gasteiger charge is 2.11. The van der Waals surface area contributed by atoms with E-state index in [1.165, 1.54) is 6.07 Å². The van der Waals surface area contributed by atoms with Gasteiger partial charge in [0.2, 0.25) is 0 Å². The van der Waals surface area contributed by atoms with Crippen LogP contribution in [0.1, 0.15) is 18.5 Å². The van der Waals surface area contributed by atoms with Crippen molar-refractivity contribution in [2.75, 3.05) is 24.3 Å². The molecule has 1 aromatic heterocycles. The second kappa shape index (κ2) is 6.21. The molecule has 2 rings (SSSR count). The van der Waals surface area contributed by atoms with Crippen molar-refractivity contribution >= 4 is 17.2 Å². The molecule has 0 aliphatic rings. The summed E-state index contributed by atoms with van der Waals surface area (Å²) in [4.78, 5) is 16.7. The van der Waals surface area contributed by atoms with Crippen LogP contribution < -0.4 is 10.2 Å². The molecule has 0 spiro atoms. The Morgan fingerprint density at radius 1 is 1.29 bits per heavy atom. The summed E-state index contributed by atoms with van der Waals surface area (Å²) in [6.07, 6.45) is 1.75. The van der Waals surface area contributed by atoms with Crippen molar-refractivity contribution in [1.82, 2.24) is 4.98 Å². The third-order valence-electron chi connectivity index (χ3n) is 3.17. The summed E-state index contributed by atoms with van der Waals surface area (Å²) < 4.78 is 0. The summed E-state index contributed by atoms with van der Waals surface area (Å²) in [7, 11) is 3.86. The zero-order valence-corrected chi connectivity index (χ0v) is 12.3. The number of nitrogens with zero attached hydrogens (tertiary/aromatic N) is 3. The van der Waals surface area contributed by atoms with Gasteiger partial charge in [-0.25, -0.2) is 4.98 Å². The number of rotatable bonds is 5. The Labute approximate surface area is 123 Å². The van der Waals surface area contributed by atoms with E-state index >= 15 is 0 Å². The number of benzene rings is 1. The lowest BCUT2D eigenvalue weighted by molar-refractivity contribution is -0.384. The third kappa shape index (κ3) is 3.68. The molecule has 6 heteroatoms. The summed E-state index contributed by atoms with van der Waals surface area (Å²) in [5.74, 6) is 0.878. The predicted octanol–water partition coefficient (Wildman–Crippen LogP) is 3.23. The molecular weight excluding hydrogens is 268 g/mol. The highest BCUT2D eigenvalue weighted by molar-refractivity contribution is 5.49. The highest BCUT2D eigenvalue weighted by Crippen LogP contribution is 2.23. The van der Waals surface area contributed by atoms with Gasteiger partial charge in [-0.1, -0.05) is 12.1 Å². The molecule has 21 heavy (non-hydrogen) atoms. The van der Waals surface area contributed by atoms with Crippen molar-refractivity contribution in [2.45, 2.75) is 13.0 Å². The van der Waals surface area contributed by atoms with E-state index in [0.29, 0.717) is 0 Å². The van der Waals surface area contributed by atoms with Gasteiger partial charge >= 0.3 is 0 Å². The number of nitrogens with one attached hydrogen (secondary N) is 1. The second-order valence-corrected chi connectivity index (χ2v) is 5.02. The maximum absolute atomic E-state index is 10.8.